The van der Waals surface area contributed by atoms with Gasteiger partial charge >= 0.3 is 0 Å². The van der Waals surface area contributed by atoms with Gasteiger partial charge in [-0.25, -0.2) is 0 Å². The third-order valence-electron chi connectivity index (χ3n) is 13.8. The van der Waals surface area contributed by atoms with Crippen molar-refractivity contribution in [2.75, 3.05) is 0 Å². The largest absolute Gasteiger partial charge is 0.393 e. The SMILES string of the molecule is CC[C@]1(O)CC[C@@]2(C)[C@H](CC[C@@H]3[C@@H]2CC[C@]2(C)[C@@H](C(C)C(O)CC4CCC(C)(C)CC4)CC[C@@H]32)C1. The van der Waals surface area contributed by atoms with Gasteiger partial charge in [0.2, 0.25) is 0 Å². The van der Waals surface area contributed by atoms with Crippen LogP contribution in [0.3, 0.4) is 0 Å². The average molecular weight is 487 g/mol. The summed E-state index contributed by atoms with van der Waals surface area (Å²) in [5.74, 6) is 5.22. The Morgan fingerprint density at radius 3 is 2.14 bits per heavy atom. The van der Waals surface area contributed by atoms with Gasteiger partial charge in [-0.1, -0.05) is 41.5 Å². The molecule has 5 saturated carbocycles. The molecule has 0 saturated heterocycles. The number of aliphatic hydroxyl groups excluding tert-OH is 1. The molecule has 2 nitrogen and oxygen atoms in total. The second kappa shape index (κ2) is 9.29. The van der Waals surface area contributed by atoms with E-state index < -0.39 is 5.60 Å². The van der Waals surface area contributed by atoms with Gasteiger partial charge in [0.1, 0.15) is 0 Å². The van der Waals surface area contributed by atoms with Crippen LogP contribution in [0.2, 0.25) is 0 Å². The van der Waals surface area contributed by atoms with Gasteiger partial charge in [0.05, 0.1) is 11.7 Å². The Hall–Kier alpha value is -0.0800. The van der Waals surface area contributed by atoms with Crippen molar-refractivity contribution < 1.29 is 10.2 Å². The first-order chi connectivity index (χ1) is 16.4. The maximum absolute atomic E-state index is 11.4. The van der Waals surface area contributed by atoms with Crippen LogP contribution >= 0.6 is 0 Å². The molecule has 2 unspecified atom stereocenters. The molecule has 0 aliphatic heterocycles. The first kappa shape index (κ1) is 26.5. The van der Waals surface area contributed by atoms with E-state index >= 15 is 0 Å². The van der Waals surface area contributed by atoms with Gasteiger partial charge in [-0.15, -0.1) is 0 Å². The highest BCUT2D eigenvalue weighted by Gasteiger charge is 2.61. The summed E-state index contributed by atoms with van der Waals surface area (Å²) in [6.45, 7) is 14.7. The van der Waals surface area contributed by atoms with Crippen molar-refractivity contribution in [1.82, 2.24) is 0 Å². The maximum Gasteiger partial charge on any atom is 0.0648 e. The molecule has 202 valence electrons. The van der Waals surface area contributed by atoms with E-state index in [1.807, 2.05) is 0 Å². The van der Waals surface area contributed by atoms with Crippen LogP contribution in [0.1, 0.15) is 138 Å². The van der Waals surface area contributed by atoms with Gasteiger partial charge in [-0.05, 0) is 154 Å². The molecule has 10 atom stereocenters. The smallest absolute Gasteiger partial charge is 0.0648 e. The number of hydrogen-bond donors (Lipinski definition) is 2. The fourth-order valence-electron chi connectivity index (χ4n) is 11.1. The molecule has 2 heteroatoms. The van der Waals surface area contributed by atoms with Crippen molar-refractivity contribution in [3.05, 3.63) is 0 Å². The first-order valence-electron chi connectivity index (χ1n) is 15.8. The molecule has 0 aromatic heterocycles. The molecular weight excluding hydrogens is 428 g/mol. The van der Waals surface area contributed by atoms with Crippen molar-refractivity contribution in [1.29, 1.82) is 0 Å². The van der Waals surface area contributed by atoms with Crippen molar-refractivity contribution in [3.63, 3.8) is 0 Å². The maximum atomic E-state index is 11.4. The van der Waals surface area contributed by atoms with Gasteiger partial charge in [0, 0.05) is 0 Å². The van der Waals surface area contributed by atoms with E-state index in [9.17, 15) is 10.2 Å². The van der Waals surface area contributed by atoms with Crippen LogP contribution in [0.15, 0.2) is 0 Å². The summed E-state index contributed by atoms with van der Waals surface area (Å²) in [4.78, 5) is 0. The number of hydrogen-bond acceptors (Lipinski definition) is 2. The van der Waals surface area contributed by atoms with Crippen molar-refractivity contribution in [3.8, 4) is 0 Å². The molecule has 0 bridgehead atoms. The van der Waals surface area contributed by atoms with Crippen LogP contribution in [-0.4, -0.2) is 21.9 Å². The van der Waals surface area contributed by atoms with E-state index in [1.54, 1.807) is 0 Å². The minimum absolute atomic E-state index is 0.113. The predicted octanol–water partition coefficient (Wildman–Crippen LogP) is 8.39. The molecule has 5 rings (SSSR count). The van der Waals surface area contributed by atoms with Crippen molar-refractivity contribution >= 4 is 0 Å². The van der Waals surface area contributed by atoms with E-state index in [-0.39, 0.29) is 6.10 Å². The number of rotatable bonds is 5. The lowest BCUT2D eigenvalue weighted by atomic mass is 9.43. The summed E-state index contributed by atoms with van der Waals surface area (Å²) in [6, 6.07) is 0. The lowest BCUT2D eigenvalue weighted by molar-refractivity contribution is -0.154. The molecule has 35 heavy (non-hydrogen) atoms. The zero-order valence-electron chi connectivity index (χ0n) is 24.1. The normalized spacial score (nSPS) is 49.5. The summed E-state index contributed by atoms with van der Waals surface area (Å²) in [5, 5.41) is 22.5. The molecule has 0 aromatic rings. The summed E-state index contributed by atoms with van der Waals surface area (Å²) in [7, 11) is 0. The van der Waals surface area contributed by atoms with Crippen LogP contribution in [-0.2, 0) is 0 Å². The lowest BCUT2D eigenvalue weighted by Crippen LogP contribution is -2.56. The Labute approximate surface area is 217 Å². The standard InChI is InChI=1S/C33H58O2/c1-7-33(35)19-18-31(5)24(21-33)8-9-25-27-11-10-26(32(27,6)17-14-28(25)31)22(2)29(34)20-23-12-15-30(3,4)16-13-23/h22-29,34-35H,7-21H2,1-6H3/t22?,24-,25+,26-,27+,28+,29?,31+,32-,33+/m1/s1. The van der Waals surface area contributed by atoms with Gasteiger partial charge < -0.3 is 10.2 Å². The van der Waals surface area contributed by atoms with E-state index in [0.717, 1.165) is 55.3 Å². The minimum Gasteiger partial charge on any atom is -0.393 e. The third-order valence-corrected chi connectivity index (χ3v) is 13.8. The fraction of sp³-hybridized carbons (Fsp3) is 1.00. The molecule has 5 aliphatic carbocycles. The number of fused-ring (bicyclic) bond motifs is 5. The highest BCUT2D eigenvalue weighted by Crippen LogP contribution is 2.69. The molecule has 2 N–H and O–H groups in total. The minimum atomic E-state index is -0.391. The average Bonchev–Trinajstić information content (AvgIpc) is 3.17. The molecule has 5 fully saturated rings. The summed E-state index contributed by atoms with van der Waals surface area (Å²) in [5.41, 5.74) is 1.00. The zero-order chi connectivity index (χ0) is 25.2. The summed E-state index contributed by atoms with van der Waals surface area (Å²) < 4.78 is 0. The molecule has 0 radical (unpaired) electrons. The Balaban J connectivity index is 1.25. The van der Waals surface area contributed by atoms with Gasteiger partial charge in [0.15, 0.2) is 0 Å². The lowest BCUT2D eigenvalue weighted by Gasteiger charge is -2.62. The van der Waals surface area contributed by atoms with Crippen LogP contribution in [0.5, 0.6) is 0 Å². The monoisotopic (exact) mass is 486 g/mol. The van der Waals surface area contributed by atoms with Gasteiger partial charge in [0.25, 0.3) is 0 Å². The van der Waals surface area contributed by atoms with Crippen LogP contribution in [0.4, 0.5) is 0 Å². The van der Waals surface area contributed by atoms with E-state index in [4.69, 9.17) is 0 Å². The van der Waals surface area contributed by atoms with E-state index in [1.165, 1.54) is 70.6 Å². The highest BCUT2D eigenvalue weighted by atomic mass is 16.3. The Morgan fingerprint density at radius 2 is 1.46 bits per heavy atom. The van der Waals surface area contributed by atoms with Crippen LogP contribution in [0, 0.1) is 57.7 Å². The fourth-order valence-corrected chi connectivity index (χ4v) is 11.1. The topological polar surface area (TPSA) is 40.5 Å². The third kappa shape index (κ3) is 4.57. The van der Waals surface area contributed by atoms with Crippen molar-refractivity contribution in [2.24, 2.45) is 57.7 Å². The number of aliphatic hydroxyl groups is 2. The summed E-state index contributed by atoms with van der Waals surface area (Å²) >= 11 is 0. The second-order valence-electron chi connectivity index (χ2n) is 15.9. The Morgan fingerprint density at radius 1 is 0.771 bits per heavy atom. The molecule has 5 aliphatic rings. The molecular formula is C33H58O2. The Kier molecular flexibility index (Phi) is 7.04. The van der Waals surface area contributed by atoms with Gasteiger partial charge in [-0.2, -0.15) is 0 Å². The highest BCUT2D eigenvalue weighted by molar-refractivity contribution is 5.11. The molecule has 0 amide bonds. The van der Waals surface area contributed by atoms with Crippen LogP contribution < -0.4 is 0 Å². The molecule has 0 aromatic carbocycles. The van der Waals surface area contributed by atoms with Gasteiger partial charge in [-0.3, -0.25) is 0 Å². The quantitative estimate of drug-likeness (QED) is 0.409. The first-order valence-corrected chi connectivity index (χ1v) is 15.8. The van der Waals surface area contributed by atoms with Crippen molar-refractivity contribution in [2.45, 2.75) is 150 Å². The second-order valence-corrected chi connectivity index (χ2v) is 15.9. The van der Waals surface area contributed by atoms with E-state index in [0.29, 0.717) is 28.1 Å². The Bertz CT molecular complexity index is 750. The summed E-state index contributed by atoms with van der Waals surface area (Å²) in [6.07, 6.45) is 18.7. The zero-order valence-corrected chi connectivity index (χ0v) is 24.1. The van der Waals surface area contributed by atoms with Crippen LogP contribution in [0.25, 0.3) is 0 Å². The van der Waals surface area contributed by atoms with E-state index in [2.05, 4.69) is 41.5 Å². The predicted molar refractivity (Wildman–Crippen MR) is 146 cm³/mol. The molecule has 0 spiro atoms. The molecule has 0 heterocycles.